The Hall–Kier alpha value is -3.65. The topological polar surface area (TPSA) is 41.9 Å². The van der Waals surface area contributed by atoms with E-state index < -0.39 is 11.7 Å². The largest absolute Gasteiger partial charge is 0.416 e. The summed E-state index contributed by atoms with van der Waals surface area (Å²) in [7, 11) is 0. The van der Waals surface area contributed by atoms with Gasteiger partial charge in [0.25, 0.3) is 0 Å². The minimum atomic E-state index is -4.41. The van der Waals surface area contributed by atoms with Gasteiger partial charge in [0.1, 0.15) is 0 Å². The SMILES string of the molecule is FC(F)(F)c1cccc(NC(=S)NCc2cn(-c3ccccc3)nc2-c2ccccc2)c1. The van der Waals surface area contributed by atoms with Gasteiger partial charge in [-0.15, -0.1) is 0 Å². The number of nitrogens with one attached hydrogen (secondary N) is 2. The molecule has 0 saturated heterocycles. The zero-order valence-corrected chi connectivity index (χ0v) is 17.6. The third-order valence-electron chi connectivity index (χ3n) is 4.75. The summed E-state index contributed by atoms with van der Waals surface area (Å²) in [5.74, 6) is 0. The molecule has 0 amide bonds. The first kappa shape index (κ1) is 21.6. The summed E-state index contributed by atoms with van der Waals surface area (Å²) in [6.07, 6.45) is -2.50. The number of anilines is 1. The number of benzene rings is 3. The highest BCUT2D eigenvalue weighted by Crippen LogP contribution is 2.30. The summed E-state index contributed by atoms with van der Waals surface area (Å²) in [5.41, 5.74) is 3.09. The van der Waals surface area contributed by atoms with Gasteiger partial charge in [-0.1, -0.05) is 54.6 Å². The quantitative estimate of drug-likeness (QED) is 0.362. The van der Waals surface area contributed by atoms with E-state index in [4.69, 9.17) is 17.3 Å². The molecular formula is C24H19F3N4S. The van der Waals surface area contributed by atoms with E-state index in [1.165, 1.54) is 12.1 Å². The summed E-state index contributed by atoms with van der Waals surface area (Å²) >= 11 is 5.30. The molecule has 0 unspecified atom stereocenters. The number of nitrogens with zero attached hydrogens (tertiary/aromatic N) is 2. The zero-order valence-electron chi connectivity index (χ0n) is 16.8. The van der Waals surface area contributed by atoms with E-state index in [0.717, 1.165) is 34.6 Å². The van der Waals surface area contributed by atoms with Gasteiger partial charge >= 0.3 is 6.18 Å². The Bertz CT molecular complexity index is 1200. The number of aromatic nitrogens is 2. The monoisotopic (exact) mass is 452 g/mol. The fraction of sp³-hybridized carbons (Fsp3) is 0.0833. The third-order valence-corrected chi connectivity index (χ3v) is 4.99. The van der Waals surface area contributed by atoms with Crippen molar-refractivity contribution >= 4 is 23.0 Å². The zero-order chi connectivity index (χ0) is 22.6. The predicted octanol–water partition coefficient (Wildman–Crippen LogP) is 6.04. The van der Waals surface area contributed by atoms with Crippen LogP contribution >= 0.6 is 12.2 Å². The molecule has 0 radical (unpaired) electrons. The van der Waals surface area contributed by atoms with Crippen molar-refractivity contribution in [3.8, 4) is 16.9 Å². The van der Waals surface area contributed by atoms with Gasteiger partial charge in [0.2, 0.25) is 0 Å². The van der Waals surface area contributed by atoms with Gasteiger partial charge in [-0.2, -0.15) is 18.3 Å². The first-order valence-electron chi connectivity index (χ1n) is 9.81. The molecular weight excluding hydrogens is 433 g/mol. The van der Waals surface area contributed by atoms with Crippen LogP contribution in [0.1, 0.15) is 11.1 Å². The van der Waals surface area contributed by atoms with Gasteiger partial charge in [-0.25, -0.2) is 4.68 Å². The van der Waals surface area contributed by atoms with Gasteiger partial charge in [-0.3, -0.25) is 0 Å². The number of hydrogen-bond donors (Lipinski definition) is 2. The van der Waals surface area contributed by atoms with Crippen LogP contribution < -0.4 is 10.6 Å². The molecule has 0 aliphatic carbocycles. The molecule has 32 heavy (non-hydrogen) atoms. The van der Waals surface area contributed by atoms with Crippen LogP contribution in [-0.4, -0.2) is 14.9 Å². The van der Waals surface area contributed by atoms with Crippen LogP contribution in [0.3, 0.4) is 0 Å². The van der Waals surface area contributed by atoms with Crippen LogP contribution in [0.15, 0.2) is 91.1 Å². The van der Waals surface area contributed by atoms with Crippen molar-refractivity contribution in [2.45, 2.75) is 12.7 Å². The van der Waals surface area contributed by atoms with E-state index in [0.29, 0.717) is 6.54 Å². The smallest absolute Gasteiger partial charge is 0.358 e. The molecule has 3 aromatic carbocycles. The van der Waals surface area contributed by atoms with Gasteiger partial charge in [0.05, 0.1) is 16.9 Å². The second-order valence-corrected chi connectivity index (χ2v) is 7.44. The molecule has 0 aliphatic heterocycles. The molecule has 4 aromatic rings. The van der Waals surface area contributed by atoms with Gasteiger partial charge in [0.15, 0.2) is 5.11 Å². The van der Waals surface area contributed by atoms with Crippen molar-refractivity contribution in [1.29, 1.82) is 0 Å². The number of thiocarbonyl (C=S) groups is 1. The summed E-state index contributed by atoms with van der Waals surface area (Å²) in [6.45, 7) is 0.349. The summed E-state index contributed by atoms with van der Waals surface area (Å²) in [6, 6.07) is 24.4. The Morgan fingerprint density at radius 2 is 1.59 bits per heavy atom. The van der Waals surface area contributed by atoms with Crippen LogP contribution in [0.25, 0.3) is 16.9 Å². The minimum Gasteiger partial charge on any atom is -0.358 e. The number of halogens is 3. The van der Waals surface area contributed by atoms with Crippen LogP contribution in [0.2, 0.25) is 0 Å². The van der Waals surface area contributed by atoms with Crippen molar-refractivity contribution in [3.05, 3.63) is 102 Å². The molecule has 0 bridgehead atoms. The van der Waals surface area contributed by atoms with E-state index in [1.54, 1.807) is 4.68 Å². The summed E-state index contributed by atoms with van der Waals surface area (Å²) < 4.78 is 40.6. The first-order valence-corrected chi connectivity index (χ1v) is 10.2. The molecule has 0 atom stereocenters. The fourth-order valence-electron chi connectivity index (χ4n) is 3.22. The van der Waals surface area contributed by atoms with E-state index in [1.807, 2.05) is 66.9 Å². The summed E-state index contributed by atoms with van der Waals surface area (Å²) in [5, 5.41) is 10.8. The maximum atomic E-state index is 12.9. The van der Waals surface area contributed by atoms with Crippen molar-refractivity contribution in [3.63, 3.8) is 0 Å². The van der Waals surface area contributed by atoms with Gasteiger partial charge in [-0.05, 0) is 42.5 Å². The number of rotatable bonds is 5. The Morgan fingerprint density at radius 1 is 0.906 bits per heavy atom. The number of hydrogen-bond acceptors (Lipinski definition) is 2. The van der Waals surface area contributed by atoms with Gasteiger partial charge < -0.3 is 10.6 Å². The Labute approximate surface area is 188 Å². The Kier molecular flexibility index (Phi) is 6.23. The lowest BCUT2D eigenvalue weighted by molar-refractivity contribution is -0.137. The molecule has 0 spiro atoms. The lowest BCUT2D eigenvalue weighted by Gasteiger charge is -2.12. The highest BCUT2D eigenvalue weighted by atomic mass is 32.1. The highest BCUT2D eigenvalue weighted by Gasteiger charge is 2.30. The molecule has 0 fully saturated rings. The van der Waals surface area contributed by atoms with E-state index in [2.05, 4.69) is 10.6 Å². The molecule has 8 heteroatoms. The maximum absolute atomic E-state index is 12.9. The molecule has 2 N–H and O–H groups in total. The number of para-hydroxylation sites is 1. The predicted molar refractivity (Wildman–Crippen MR) is 124 cm³/mol. The Balaban J connectivity index is 1.52. The van der Waals surface area contributed by atoms with Crippen molar-refractivity contribution in [1.82, 2.24) is 15.1 Å². The van der Waals surface area contributed by atoms with Crippen LogP contribution in [0.4, 0.5) is 18.9 Å². The van der Waals surface area contributed by atoms with Crippen LogP contribution in [-0.2, 0) is 12.7 Å². The molecule has 1 heterocycles. The molecule has 1 aromatic heterocycles. The second-order valence-electron chi connectivity index (χ2n) is 7.04. The van der Waals surface area contributed by atoms with Crippen molar-refractivity contribution in [2.24, 2.45) is 0 Å². The van der Waals surface area contributed by atoms with Gasteiger partial charge in [0, 0.05) is 29.6 Å². The van der Waals surface area contributed by atoms with E-state index in [9.17, 15) is 13.2 Å². The number of alkyl halides is 3. The molecule has 162 valence electrons. The summed E-state index contributed by atoms with van der Waals surface area (Å²) in [4.78, 5) is 0. The molecule has 0 aliphatic rings. The minimum absolute atomic E-state index is 0.218. The van der Waals surface area contributed by atoms with Crippen molar-refractivity contribution < 1.29 is 13.2 Å². The fourth-order valence-corrected chi connectivity index (χ4v) is 3.41. The van der Waals surface area contributed by atoms with E-state index in [-0.39, 0.29) is 10.8 Å². The van der Waals surface area contributed by atoms with Crippen LogP contribution in [0.5, 0.6) is 0 Å². The average Bonchev–Trinajstić information content (AvgIpc) is 3.23. The Morgan fingerprint density at radius 3 is 2.28 bits per heavy atom. The van der Waals surface area contributed by atoms with E-state index >= 15 is 0 Å². The maximum Gasteiger partial charge on any atom is 0.416 e. The molecule has 4 rings (SSSR count). The first-order chi connectivity index (χ1) is 15.4. The lowest BCUT2D eigenvalue weighted by atomic mass is 10.1. The average molecular weight is 453 g/mol. The van der Waals surface area contributed by atoms with Crippen LogP contribution in [0, 0.1) is 0 Å². The highest BCUT2D eigenvalue weighted by molar-refractivity contribution is 7.80. The molecule has 0 saturated carbocycles. The standard InChI is InChI=1S/C24H19F3N4S/c25-24(26,27)19-10-7-11-20(14-19)29-23(32)28-15-18-16-31(21-12-5-2-6-13-21)30-22(18)17-8-3-1-4-9-17/h1-14,16H,15H2,(H2,28,29,32). The lowest BCUT2D eigenvalue weighted by Crippen LogP contribution is -2.28. The normalized spacial score (nSPS) is 11.2. The molecule has 4 nitrogen and oxygen atoms in total. The van der Waals surface area contributed by atoms with Crippen molar-refractivity contribution in [2.75, 3.05) is 5.32 Å². The third kappa shape index (κ3) is 5.15. The second kappa shape index (κ2) is 9.23.